The van der Waals surface area contributed by atoms with Gasteiger partial charge in [-0.05, 0) is 61.4 Å². The molecule has 0 saturated carbocycles. The summed E-state index contributed by atoms with van der Waals surface area (Å²) in [6.45, 7) is 6.40. The van der Waals surface area contributed by atoms with Crippen LogP contribution in [0.5, 0.6) is 0 Å². The topological polar surface area (TPSA) is 21.1 Å². The van der Waals surface area contributed by atoms with Crippen molar-refractivity contribution in [2.75, 3.05) is 13.6 Å². The third kappa shape index (κ3) is 3.54. The van der Waals surface area contributed by atoms with Gasteiger partial charge in [0.2, 0.25) is 0 Å². The summed E-state index contributed by atoms with van der Waals surface area (Å²) in [4.78, 5) is 6.99. The molecule has 0 N–H and O–H groups in total. The highest BCUT2D eigenvalue weighted by Gasteiger charge is 2.22. The lowest BCUT2D eigenvalue weighted by Gasteiger charge is -2.23. The molecule has 140 valence electrons. The molecule has 2 aromatic heterocycles. The van der Waals surface area contributed by atoms with Gasteiger partial charge in [0.15, 0.2) is 0 Å². The van der Waals surface area contributed by atoms with Gasteiger partial charge in [0, 0.05) is 53.7 Å². The molecule has 0 unspecified atom stereocenters. The van der Waals surface area contributed by atoms with Crippen LogP contribution in [0.1, 0.15) is 42.8 Å². The Balaban J connectivity index is 1.80. The predicted octanol–water partition coefficient (Wildman–Crippen LogP) is 5.65. The van der Waals surface area contributed by atoms with E-state index in [1.165, 1.54) is 33.3 Å². The Morgan fingerprint density at radius 1 is 1.26 bits per heavy atom. The van der Waals surface area contributed by atoms with E-state index in [9.17, 15) is 0 Å². The first-order chi connectivity index (χ1) is 13.1. The fraction of sp³-hybridized carbons (Fsp3) is 0.348. The van der Waals surface area contributed by atoms with Crippen molar-refractivity contribution >= 4 is 34.3 Å². The van der Waals surface area contributed by atoms with Gasteiger partial charge in [-0.15, -0.1) is 0 Å². The number of rotatable bonds is 4. The highest BCUT2D eigenvalue weighted by atomic mass is 35.5. The molecule has 0 saturated heterocycles. The lowest BCUT2D eigenvalue weighted by molar-refractivity contribution is 0.312. The van der Waals surface area contributed by atoms with E-state index in [0.717, 1.165) is 43.1 Å². The zero-order chi connectivity index (χ0) is 19.0. The van der Waals surface area contributed by atoms with E-state index >= 15 is 0 Å². The van der Waals surface area contributed by atoms with Crippen molar-refractivity contribution in [1.29, 1.82) is 0 Å². The molecule has 0 atom stereocenters. The summed E-state index contributed by atoms with van der Waals surface area (Å²) in [5.41, 5.74) is 7.60. The minimum absolute atomic E-state index is 0.798. The number of pyridine rings is 1. The SMILES string of the molecule is CCCc1ccc(/C(C)=C/n2c3c(c4cc(Cl)ccc42)CN(C)CC3)cn1. The number of aryl methyl sites for hydroxylation is 1. The van der Waals surface area contributed by atoms with Gasteiger partial charge >= 0.3 is 0 Å². The number of nitrogens with zero attached hydrogens (tertiary/aromatic N) is 3. The molecule has 0 spiro atoms. The van der Waals surface area contributed by atoms with Crippen LogP contribution in [0, 0.1) is 0 Å². The third-order valence-electron chi connectivity index (χ3n) is 5.45. The standard InChI is InChI=1S/C23H26ClN3/c1-4-5-19-8-6-17(13-25-19)16(2)14-27-22-9-7-18(24)12-20(22)21-15-26(3)11-10-23(21)27/h6-9,12-14H,4-5,10-11,15H2,1-3H3/b16-14+. The van der Waals surface area contributed by atoms with Crippen LogP contribution < -0.4 is 0 Å². The fourth-order valence-electron chi connectivity index (χ4n) is 3.98. The van der Waals surface area contributed by atoms with Crippen molar-refractivity contribution in [2.24, 2.45) is 0 Å². The van der Waals surface area contributed by atoms with E-state index in [1.54, 1.807) is 0 Å². The molecule has 4 rings (SSSR count). The van der Waals surface area contributed by atoms with Crippen LogP contribution >= 0.6 is 11.6 Å². The first-order valence-electron chi connectivity index (χ1n) is 9.70. The largest absolute Gasteiger partial charge is 0.320 e. The lowest BCUT2D eigenvalue weighted by Crippen LogP contribution is -2.26. The quantitative estimate of drug-likeness (QED) is 0.584. The van der Waals surface area contributed by atoms with Gasteiger partial charge in [-0.1, -0.05) is 31.0 Å². The number of likely N-dealkylation sites (N-methyl/N-ethyl adjacent to an activating group) is 1. The number of fused-ring (bicyclic) bond motifs is 3. The van der Waals surface area contributed by atoms with E-state index in [4.69, 9.17) is 11.6 Å². The summed E-state index contributed by atoms with van der Waals surface area (Å²) in [5, 5.41) is 2.07. The van der Waals surface area contributed by atoms with Crippen LogP contribution in [0.25, 0.3) is 22.7 Å². The maximum atomic E-state index is 6.30. The van der Waals surface area contributed by atoms with Gasteiger partial charge in [-0.25, -0.2) is 0 Å². The van der Waals surface area contributed by atoms with Crippen molar-refractivity contribution in [2.45, 2.75) is 39.7 Å². The summed E-state index contributed by atoms with van der Waals surface area (Å²) in [7, 11) is 2.18. The summed E-state index contributed by atoms with van der Waals surface area (Å²) in [5.74, 6) is 0. The number of halogens is 1. The molecule has 0 aliphatic carbocycles. The number of hydrogen-bond acceptors (Lipinski definition) is 2. The second kappa shape index (κ2) is 7.49. The summed E-state index contributed by atoms with van der Waals surface area (Å²) in [6, 6.07) is 10.6. The molecule has 0 radical (unpaired) electrons. The number of benzene rings is 1. The van der Waals surface area contributed by atoms with E-state index in [2.05, 4.69) is 65.8 Å². The molecule has 4 heteroatoms. The van der Waals surface area contributed by atoms with Crippen molar-refractivity contribution in [1.82, 2.24) is 14.5 Å². The summed E-state index contributed by atoms with van der Waals surface area (Å²) >= 11 is 6.30. The molecule has 1 aliphatic rings. The Morgan fingerprint density at radius 3 is 2.85 bits per heavy atom. The predicted molar refractivity (Wildman–Crippen MR) is 115 cm³/mol. The Hall–Kier alpha value is -2.10. The van der Waals surface area contributed by atoms with Gasteiger partial charge in [0.1, 0.15) is 0 Å². The highest BCUT2D eigenvalue weighted by Crippen LogP contribution is 2.33. The van der Waals surface area contributed by atoms with Gasteiger partial charge in [0.25, 0.3) is 0 Å². The minimum atomic E-state index is 0.798. The normalized spacial score (nSPS) is 15.3. The summed E-state index contributed by atoms with van der Waals surface area (Å²) < 4.78 is 2.36. The Morgan fingerprint density at radius 2 is 2.11 bits per heavy atom. The monoisotopic (exact) mass is 379 g/mol. The van der Waals surface area contributed by atoms with Crippen LogP contribution in [-0.2, 0) is 19.4 Å². The zero-order valence-electron chi connectivity index (χ0n) is 16.3. The molecule has 3 heterocycles. The van der Waals surface area contributed by atoms with Crippen molar-refractivity contribution in [3.8, 4) is 0 Å². The highest BCUT2D eigenvalue weighted by molar-refractivity contribution is 6.31. The molecule has 27 heavy (non-hydrogen) atoms. The fourth-order valence-corrected chi connectivity index (χ4v) is 4.15. The first-order valence-corrected chi connectivity index (χ1v) is 10.1. The molecule has 0 amide bonds. The van der Waals surface area contributed by atoms with Crippen LogP contribution in [-0.4, -0.2) is 28.0 Å². The van der Waals surface area contributed by atoms with E-state index in [-0.39, 0.29) is 0 Å². The smallest absolute Gasteiger partial charge is 0.0529 e. The van der Waals surface area contributed by atoms with Gasteiger partial charge in [-0.2, -0.15) is 0 Å². The Bertz CT molecular complexity index is 999. The molecule has 1 aromatic carbocycles. The van der Waals surface area contributed by atoms with E-state index < -0.39 is 0 Å². The van der Waals surface area contributed by atoms with Crippen LogP contribution in [0.2, 0.25) is 5.02 Å². The molecular formula is C23H26ClN3. The molecule has 0 bridgehead atoms. The number of allylic oxidation sites excluding steroid dienone is 1. The third-order valence-corrected chi connectivity index (χ3v) is 5.68. The maximum absolute atomic E-state index is 6.30. The maximum Gasteiger partial charge on any atom is 0.0529 e. The molecule has 1 aliphatic heterocycles. The second-order valence-corrected chi connectivity index (χ2v) is 7.98. The lowest BCUT2D eigenvalue weighted by atomic mass is 10.1. The van der Waals surface area contributed by atoms with Crippen LogP contribution in [0.15, 0.2) is 36.5 Å². The zero-order valence-corrected chi connectivity index (χ0v) is 17.1. The summed E-state index contributed by atoms with van der Waals surface area (Å²) in [6.07, 6.45) is 7.47. The average Bonchev–Trinajstić information content (AvgIpc) is 2.95. The van der Waals surface area contributed by atoms with E-state index in [1.807, 2.05) is 12.3 Å². The molecule has 3 nitrogen and oxygen atoms in total. The van der Waals surface area contributed by atoms with Crippen molar-refractivity contribution < 1.29 is 0 Å². The van der Waals surface area contributed by atoms with E-state index in [0.29, 0.717) is 0 Å². The van der Waals surface area contributed by atoms with Gasteiger partial charge < -0.3 is 9.47 Å². The van der Waals surface area contributed by atoms with Crippen molar-refractivity contribution in [3.05, 3.63) is 64.1 Å². The second-order valence-electron chi connectivity index (χ2n) is 7.54. The average molecular weight is 380 g/mol. The molecule has 3 aromatic rings. The van der Waals surface area contributed by atoms with Crippen molar-refractivity contribution in [3.63, 3.8) is 0 Å². The first kappa shape index (κ1) is 18.3. The molecule has 0 fully saturated rings. The Labute approximate surface area is 166 Å². The van der Waals surface area contributed by atoms with Crippen LogP contribution in [0.4, 0.5) is 0 Å². The number of aromatic nitrogens is 2. The Kier molecular flexibility index (Phi) is 5.07. The number of hydrogen-bond donors (Lipinski definition) is 0. The molecular weight excluding hydrogens is 354 g/mol. The van der Waals surface area contributed by atoms with Crippen LogP contribution in [0.3, 0.4) is 0 Å². The minimum Gasteiger partial charge on any atom is -0.320 e. The van der Waals surface area contributed by atoms with Gasteiger partial charge in [-0.3, -0.25) is 4.98 Å². The van der Waals surface area contributed by atoms with Gasteiger partial charge in [0.05, 0.1) is 5.52 Å².